The summed E-state index contributed by atoms with van der Waals surface area (Å²) in [6.45, 7) is 0. The minimum Gasteiger partial charge on any atom is -0.390 e. The topological polar surface area (TPSA) is 127 Å². The average molecular weight is 309 g/mol. The molecule has 1 amide bonds. The van der Waals surface area contributed by atoms with Gasteiger partial charge in [0.15, 0.2) is 0 Å². The summed E-state index contributed by atoms with van der Waals surface area (Å²) >= 11 is 11.3. The summed E-state index contributed by atoms with van der Waals surface area (Å²) in [5, 5.41) is 30.1. The summed E-state index contributed by atoms with van der Waals surface area (Å²) in [6.07, 6.45) is -3.80. The number of nitro benzene ring substituents is 1. The maximum atomic E-state index is 10.9. The number of amides is 1. The van der Waals surface area contributed by atoms with Crippen molar-refractivity contribution in [2.24, 2.45) is 5.73 Å². The number of carbonyl (C=O) groups excluding carboxylic acids is 1. The first kappa shape index (κ1) is 15.6. The minimum atomic E-state index is -1.68. The summed E-state index contributed by atoms with van der Waals surface area (Å²) < 4.78 is 0. The van der Waals surface area contributed by atoms with Gasteiger partial charge in [-0.15, -0.1) is 0 Å². The molecule has 7 nitrogen and oxygen atoms in total. The molecule has 2 atom stereocenters. The SMILES string of the molecule is NC(=O)CC(O)C(O)c1cc(Cl)c(Cl)cc1[N+](=O)[O-]. The molecule has 2 unspecified atom stereocenters. The number of halogens is 2. The number of nitrogens with two attached hydrogens (primary N) is 1. The van der Waals surface area contributed by atoms with Crippen LogP contribution in [0, 0.1) is 10.1 Å². The van der Waals surface area contributed by atoms with E-state index in [-0.39, 0.29) is 15.6 Å². The molecule has 0 radical (unpaired) electrons. The lowest BCUT2D eigenvalue weighted by molar-refractivity contribution is -0.386. The van der Waals surface area contributed by atoms with Gasteiger partial charge in [0.05, 0.1) is 33.1 Å². The van der Waals surface area contributed by atoms with Crippen molar-refractivity contribution in [3.05, 3.63) is 37.9 Å². The van der Waals surface area contributed by atoms with Crippen LogP contribution in [0.2, 0.25) is 10.0 Å². The number of nitro groups is 1. The van der Waals surface area contributed by atoms with Crippen LogP contribution in [0.1, 0.15) is 18.1 Å². The molecule has 9 heteroatoms. The zero-order chi connectivity index (χ0) is 14.7. The summed E-state index contributed by atoms with van der Waals surface area (Å²) in [5.41, 5.74) is 4.12. The number of carbonyl (C=O) groups is 1. The lowest BCUT2D eigenvalue weighted by Crippen LogP contribution is -2.26. The molecule has 1 rings (SSSR count). The van der Waals surface area contributed by atoms with E-state index in [9.17, 15) is 25.1 Å². The third-order valence-corrected chi connectivity index (χ3v) is 3.08. The lowest BCUT2D eigenvalue weighted by Gasteiger charge is -2.17. The number of hydrogen-bond acceptors (Lipinski definition) is 5. The summed E-state index contributed by atoms with van der Waals surface area (Å²) in [7, 11) is 0. The second-order valence-corrected chi connectivity index (χ2v) is 4.58. The van der Waals surface area contributed by atoms with Crippen molar-refractivity contribution in [1.29, 1.82) is 0 Å². The van der Waals surface area contributed by atoms with Gasteiger partial charge in [0, 0.05) is 6.07 Å². The number of hydrogen-bond donors (Lipinski definition) is 3. The third kappa shape index (κ3) is 3.77. The van der Waals surface area contributed by atoms with Crippen LogP contribution in [0.3, 0.4) is 0 Å². The first-order valence-corrected chi connectivity index (χ1v) is 5.77. The van der Waals surface area contributed by atoms with E-state index in [4.69, 9.17) is 28.9 Å². The molecule has 0 saturated heterocycles. The lowest BCUT2D eigenvalue weighted by atomic mass is 10.0. The molecule has 0 heterocycles. The molecule has 104 valence electrons. The highest BCUT2D eigenvalue weighted by Gasteiger charge is 2.28. The fraction of sp³-hybridized carbons (Fsp3) is 0.300. The highest BCUT2D eigenvalue weighted by Crippen LogP contribution is 2.35. The fourth-order valence-corrected chi connectivity index (χ4v) is 1.80. The molecule has 0 aliphatic carbocycles. The Bertz CT molecular complexity index is 523. The largest absolute Gasteiger partial charge is 0.390 e. The molecule has 0 spiro atoms. The number of benzene rings is 1. The molecule has 1 aromatic rings. The van der Waals surface area contributed by atoms with Gasteiger partial charge < -0.3 is 15.9 Å². The zero-order valence-electron chi connectivity index (χ0n) is 9.42. The van der Waals surface area contributed by atoms with Crippen LogP contribution in [0.4, 0.5) is 5.69 Å². The van der Waals surface area contributed by atoms with E-state index in [1.165, 1.54) is 0 Å². The predicted octanol–water partition coefficient (Wildman–Crippen LogP) is 1.17. The van der Waals surface area contributed by atoms with E-state index in [0.717, 1.165) is 12.1 Å². The average Bonchev–Trinajstić information content (AvgIpc) is 2.29. The highest BCUT2D eigenvalue weighted by atomic mass is 35.5. The molecule has 19 heavy (non-hydrogen) atoms. The monoisotopic (exact) mass is 308 g/mol. The molecule has 0 aliphatic heterocycles. The van der Waals surface area contributed by atoms with Gasteiger partial charge in [-0.2, -0.15) is 0 Å². The standard InChI is InChI=1S/C10H10Cl2N2O5/c11-5-1-4(7(14(18)19)2-6(5)12)10(17)8(15)3-9(13)16/h1-2,8,10,15,17H,3H2,(H2,13,16). The van der Waals surface area contributed by atoms with Crippen LogP contribution >= 0.6 is 23.2 Å². The Labute approximate surface area is 117 Å². The van der Waals surface area contributed by atoms with Gasteiger partial charge in [0.2, 0.25) is 5.91 Å². The van der Waals surface area contributed by atoms with E-state index < -0.39 is 35.1 Å². The molecule has 0 fully saturated rings. The molecular weight excluding hydrogens is 299 g/mol. The van der Waals surface area contributed by atoms with E-state index in [2.05, 4.69) is 0 Å². The minimum absolute atomic E-state index is 0.0207. The molecule has 0 aliphatic rings. The van der Waals surface area contributed by atoms with Crippen molar-refractivity contribution in [3.63, 3.8) is 0 Å². The van der Waals surface area contributed by atoms with Crippen molar-refractivity contribution in [2.75, 3.05) is 0 Å². The Morgan fingerprint density at radius 3 is 2.37 bits per heavy atom. The molecule has 0 saturated carbocycles. The van der Waals surface area contributed by atoms with E-state index >= 15 is 0 Å². The van der Waals surface area contributed by atoms with Gasteiger partial charge in [-0.1, -0.05) is 23.2 Å². The number of nitrogens with zero attached hydrogens (tertiary/aromatic N) is 1. The fourth-order valence-electron chi connectivity index (χ4n) is 1.47. The summed E-state index contributed by atoms with van der Waals surface area (Å²) in [5.74, 6) is -0.853. The highest BCUT2D eigenvalue weighted by molar-refractivity contribution is 6.42. The van der Waals surface area contributed by atoms with E-state index in [0.29, 0.717) is 0 Å². The first-order valence-electron chi connectivity index (χ1n) is 5.01. The Morgan fingerprint density at radius 1 is 1.37 bits per heavy atom. The van der Waals surface area contributed by atoms with Crippen LogP contribution in [0.15, 0.2) is 12.1 Å². The van der Waals surface area contributed by atoms with E-state index in [1.807, 2.05) is 0 Å². The molecular formula is C10H10Cl2N2O5. The molecule has 1 aromatic carbocycles. The van der Waals surface area contributed by atoms with Crippen molar-refractivity contribution in [2.45, 2.75) is 18.6 Å². The molecule has 0 bridgehead atoms. The smallest absolute Gasteiger partial charge is 0.276 e. The van der Waals surface area contributed by atoms with Crippen LogP contribution in [0.25, 0.3) is 0 Å². The van der Waals surface area contributed by atoms with Gasteiger partial charge in [-0.3, -0.25) is 14.9 Å². The molecule has 4 N–H and O–H groups in total. The Kier molecular flexibility index (Phi) is 5.07. The number of rotatable bonds is 5. The van der Waals surface area contributed by atoms with Gasteiger partial charge in [-0.05, 0) is 6.07 Å². The van der Waals surface area contributed by atoms with Gasteiger partial charge in [0.25, 0.3) is 5.69 Å². The maximum absolute atomic E-state index is 10.9. The van der Waals surface area contributed by atoms with Crippen LogP contribution in [-0.4, -0.2) is 27.1 Å². The first-order chi connectivity index (χ1) is 8.73. The molecule has 0 aromatic heterocycles. The third-order valence-electron chi connectivity index (χ3n) is 2.36. The van der Waals surface area contributed by atoms with Crippen LogP contribution in [-0.2, 0) is 4.79 Å². The van der Waals surface area contributed by atoms with Gasteiger partial charge in [0.1, 0.15) is 6.10 Å². The second kappa shape index (κ2) is 6.16. The van der Waals surface area contributed by atoms with Gasteiger partial charge >= 0.3 is 0 Å². The Hall–Kier alpha value is -1.41. The number of primary amides is 1. The quantitative estimate of drug-likeness (QED) is 0.556. The predicted molar refractivity (Wildman–Crippen MR) is 67.9 cm³/mol. The second-order valence-electron chi connectivity index (χ2n) is 3.76. The number of aliphatic hydroxyl groups excluding tert-OH is 2. The van der Waals surface area contributed by atoms with Crippen molar-refractivity contribution < 1.29 is 19.9 Å². The van der Waals surface area contributed by atoms with E-state index in [1.54, 1.807) is 0 Å². The van der Waals surface area contributed by atoms with Crippen molar-refractivity contribution >= 4 is 34.8 Å². The number of aliphatic hydroxyl groups is 2. The summed E-state index contributed by atoms with van der Waals surface area (Å²) in [4.78, 5) is 20.7. The van der Waals surface area contributed by atoms with Crippen LogP contribution < -0.4 is 5.73 Å². The van der Waals surface area contributed by atoms with Crippen molar-refractivity contribution in [1.82, 2.24) is 0 Å². The zero-order valence-corrected chi connectivity index (χ0v) is 10.9. The Morgan fingerprint density at radius 2 is 1.89 bits per heavy atom. The summed E-state index contributed by atoms with van der Waals surface area (Å²) in [6, 6.07) is 2.02. The van der Waals surface area contributed by atoms with Crippen molar-refractivity contribution in [3.8, 4) is 0 Å². The maximum Gasteiger partial charge on any atom is 0.276 e. The normalized spacial score (nSPS) is 13.9. The van der Waals surface area contributed by atoms with Gasteiger partial charge in [-0.25, -0.2) is 0 Å². The van der Waals surface area contributed by atoms with Crippen LogP contribution in [0.5, 0.6) is 0 Å². The Balaban J connectivity index is 3.21.